The number of carbonyl (C=O) groups is 1. The first-order valence-electron chi connectivity index (χ1n) is 10.0. The van der Waals surface area contributed by atoms with Crippen LogP contribution in [0.3, 0.4) is 0 Å². The fraction of sp³-hybridized carbons (Fsp3) is 0.261. The number of nitro benzene ring substituents is 1. The summed E-state index contributed by atoms with van der Waals surface area (Å²) in [5.74, 6) is 0.274. The number of aryl methyl sites for hydroxylation is 1. The van der Waals surface area contributed by atoms with E-state index in [-0.39, 0.29) is 29.7 Å². The number of rotatable bonds is 9. The Labute approximate surface area is 180 Å². The van der Waals surface area contributed by atoms with Gasteiger partial charge in [-0.25, -0.2) is 0 Å². The standard InChI is InChI=1S/C23H25N3O5/c1-4-25(5-2)18-9-7-17(8-10-18)24-23(27)22-13-11-19(31-22)15-30-21-12-6-16(3)14-20(21)26(28)29/h6-14H,4-5,15H2,1-3H3,(H,24,27). The monoisotopic (exact) mass is 423 g/mol. The second-order valence-corrected chi connectivity index (χ2v) is 6.96. The van der Waals surface area contributed by atoms with Gasteiger partial charge in [0.2, 0.25) is 0 Å². The van der Waals surface area contributed by atoms with E-state index in [1.165, 1.54) is 6.07 Å². The molecule has 8 nitrogen and oxygen atoms in total. The van der Waals surface area contributed by atoms with Gasteiger partial charge in [-0.15, -0.1) is 0 Å². The van der Waals surface area contributed by atoms with E-state index in [1.807, 2.05) is 24.3 Å². The van der Waals surface area contributed by atoms with Crippen molar-refractivity contribution in [3.8, 4) is 5.75 Å². The van der Waals surface area contributed by atoms with Crippen LogP contribution in [0, 0.1) is 17.0 Å². The molecule has 8 heteroatoms. The molecule has 1 N–H and O–H groups in total. The first kappa shape index (κ1) is 21.9. The molecule has 0 aliphatic rings. The van der Waals surface area contributed by atoms with E-state index in [9.17, 15) is 14.9 Å². The number of amides is 1. The molecule has 0 unspecified atom stereocenters. The molecule has 0 saturated carbocycles. The highest BCUT2D eigenvalue weighted by Gasteiger charge is 2.17. The molecule has 1 amide bonds. The zero-order valence-electron chi connectivity index (χ0n) is 17.8. The Morgan fingerprint density at radius 2 is 1.81 bits per heavy atom. The van der Waals surface area contributed by atoms with E-state index in [1.54, 1.807) is 31.2 Å². The van der Waals surface area contributed by atoms with E-state index in [0.717, 1.165) is 24.3 Å². The highest BCUT2D eigenvalue weighted by Crippen LogP contribution is 2.28. The smallest absolute Gasteiger partial charge is 0.311 e. The van der Waals surface area contributed by atoms with Gasteiger partial charge in [-0.2, -0.15) is 0 Å². The summed E-state index contributed by atoms with van der Waals surface area (Å²) in [5, 5.41) is 14.0. The minimum absolute atomic E-state index is 0.0320. The second-order valence-electron chi connectivity index (χ2n) is 6.96. The zero-order valence-corrected chi connectivity index (χ0v) is 17.8. The molecule has 0 bridgehead atoms. The van der Waals surface area contributed by atoms with Crippen LogP contribution in [-0.4, -0.2) is 23.9 Å². The first-order valence-corrected chi connectivity index (χ1v) is 10.0. The summed E-state index contributed by atoms with van der Waals surface area (Å²) in [5.41, 5.74) is 2.40. The average Bonchev–Trinajstić information content (AvgIpc) is 3.24. The lowest BCUT2D eigenvalue weighted by Gasteiger charge is -2.21. The molecule has 0 aliphatic carbocycles. The van der Waals surface area contributed by atoms with Crippen LogP contribution in [-0.2, 0) is 6.61 Å². The SMILES string of the molecule is CCN(CC)c1ccc(NC(=O)c2ccc(COc3ccc(C)cc3[N+](=O)[O-])o2)cc1. The molecule has 162 valence electrons. The number of anilines is 2. The lowest BCUT2D eigenvalue weighted by atomic mass is 10.2. The van der Waals surface area contributed by atoms with Crippen molar-refractivity contribution < 1.29 is 18.9 Å². The number of benzene rings is 2. The first-order chi connectivity index (χ1) is 14.9. The van der Waals surface area contributed by atoms with E-state index in [0.29, 0.717) is 11.4 Å². The third-order valence-electron chi connectivity index (χ3n) is 4.82. The van der Waals surface area contributed by atoms with Crippen molar-refractivity contribution in [3.63, 3.8) is 0 Å². The summed E-state index contributed by atoms with van der Waals surface area (Å²) in [7, 11) is 0. The highest BCUT2D eigenvalue weighted by atomic mass is 16.6. The van der Waals surface area contributed by atoms with Crippen molar-refractivity contribution >= 4 is 23.0 Å². The number of hydrogen-bond acceptors (Lipinski definition) is 6. The van der Waals surface area contributed by atoms with E-state index in [4.69, 9.17) is 9.15 Å². The molecule has 31 heavy (non-hydrogen) atoms. The second kappa shape index (κ2) is 9.80. The molecule has 3 rings (SSSR count). The average molecular weight is 423 g/mol. The molecule has 0 atom stereocenters. The van der Waals surface area contributed by atoms with E-state index in [2.05, 4.69) is 24.1 Å². The van der Waals surface area contributed by atoms with Crippen LogP contribution in [0.2, 0.25) is 0 Å². The zero-order chi connectivity index (χ0) is 22.4. The van der Waals surface area contributed by atoms with Gasteiger partial charge in [-0.1, -0.05) is 6.07 Å². The van der Waals surface area contributed by atoms with Crippen LogP contribution in [0.1, 0.15) is 35.7 Å². The Hall–Kier alpha value is -3.81. The lowest BCUT2D eigenvalue weighted by molar-refractivity contribution is -0.386. The van der Waals surface area contributed by atoms with E-state index >= 15 is 0 Å². The molecule has 0 fully saturated rings. The molecular weight excluding hydrogens is 398 g/mol. The Morgan fingerprint density at radius 1 is 1.10 bits per heavy atom. The number of furan rings is 1. The molecule has 0 radical (unpaired) electrons. The van der Waals surface area contributed by atoms with Gasteiger partial charge in [0.05, 0.1) is 4.92 Å². The van der Waals surface area contributed by atoms with Crippen molar-refractivity contribution in [2.24, 2.45) is 0 Å². The van der Waals surface area contributed by atoms with E-state index < -0.39 is 4.92 Å². The third kappa shape index (κ3) is 5.42. The fourth-order valence-corrected chi connectivity index (χ4v) is 3.16. The Kier molecular flexibility index (Phi) is 6.92. The quantitative estimate of drug-likeness (QED) is 0.376. The van der Waals surface area contributed by atoms with Crippen LogP contribution < -0.4 is 15.0 Å². The van der Waals surface area contributed by atoms with Crippen LogP contribution >= 0.6 is 0 Å². The summed E-state index contributed by atoms with van der Waals surface area (Å²) < 4.78 is 11.1. The Morgan fingerprint density at radius 3 is 2.45 bits per heavy atom. The summed E-state index contributed by atoms with van der Waals surface area (Å²) in [6.45, 7) is 7.74. The molecule has 0 saturated heterocycles. The molecule has 0 aliphatic heterocycles. The Balaban J connectivity index is 1.62. The van der Waals surface area contributed by atoms with Crippen LogP contribution in [0.4, 0.5) is 17.1 Å². The number of nitrogens with zero attached hydrogens (tertiary/aromatic N) is 2. The summed E-state index contributed by atoms with van der Waals surface area (Å²) >= 11 is 0. The van der Waals surface area contributed by atoms with Crippen molar-refractivity contribution in [3.05, 3.63) is 81.8 Å². The number of hydrogen-bond donors (Lipinski definition) is 1. The molecule has 2 aromatic carbocycles. The van der Waals surface area contributed by atoms with Crippen molar-refractivity contribution in [2.75, 3.05) is 23.3 Å². The van der Waals surface area contributed by atoms with Gasteiger partial charge in [-0.05, 0) is 68.8 Å². The van der Waals surface area contributed by atoms with Gasteiger partial charge in [0.1, 0.15) is 12.4 Å². The van der Waals surface area contributed by atoms with Gasteiger partial charge in [0, 0.05) is 30.5 Å². The number of nitrogens with one attached hydrogen (secondary N) is 1. The van der Waals surface area contributed by atoms with Crippen molar-refractivity contribution in [1.29, 1.82) is 0 Å². The summed E-state index contributed by atoms with van der Waals surface area (Å²) in [6, 6.07) is 15.5. The van der Waals surface area contributed by atoms with Crippen LogP contribution in [0.5, 0.6) is 5.75 Å². The summed E-state index contributed by atoms with van der Waals surface area (Å²) in [4.78, 5) is 25.4. The number of nitro groups is 1. The van der Waals surface area contributed by atoms with Gasteiger partial charge in [-0.3, -0.25) is 14.9 Å². The maximum absolute atomic E-state index is 12.5. The maximum atomic E-state index is 12.5. The van der Waals surface area contributed by atoms with Crippen molar-refractivity contribution in [1.82, 2.24) is 0 Å². The van der Waals surface area contributed by atoms with Crippen LogP contribution in [0.25, 0.3) is 0 Å². The topological polar surface area (TPSA) is 97.9 Å². The number of ether oxygens (including phenoxy) is 1. The minimum atomic E-state index is -0.491. The molecule has 3 aromatic rings. The lowest BCUT2D eigenvalue weighted by Crippen LogP contribution is -2.21. The minimum Gasteiger partial charge on any atom is -0.479 e. The molecular formula is C23H25N3O5. The Bertz CT molecular complexity index is 1060. The molecule has 0 spiro atoms. The maximum Gasteiger partial charge on any atom is 0.311 e. The third-order valence-corrected chi connectivity index (χ3v) is 4.82. The molecule has 1 aromatic heterocycles. The van der Waals surface area contributed by atoms with Gasteiger partial charge in [0.25, 0.3) is 5.91 Å². The van der Waals surface area contributed by atoms with Gasteiger partial charge >= 0.3 is 5.69 Å². The molecule has 1 heterocycles. The van der Waals surface area contributed by atoms with Crippen LogP contribution in [0.15, 0.2) is 59.0 Å². The van der Waals surface area contributed by atoms with Gasteiger partial charge < -0.3 is 19.4 Å². The predicted octanol–water partition coefficient (Wildman–Crippen LogP) is 5.17. The van der Waals surface area contributed by atoms with Crippen molar-refractivity contribution in [2.45, 2.75) is 27.4 Å². The fourth-order valence-electron chi connectivity index (χ4n) is 3.16. The normalized spacial score (nSPS) is 10.5. The summed E-state index contributed by atoms with van der Waals surface area (Å²) in [6.07, 6.45) is 0. The predicted molar refractivity (Wildman–Crippen MR) is 119 cm³/mol. The van der Waals surface area contributed by atoms with Gasteiger partial charge in [0.15, 0.2) is 11.5 Å². The number of carbonyl (C=O) groups excluding carboxylic acids is 1. The largest absolute Gasteiger partial charge is 0.479 e. The highest BCUT2D eigenvalue weighted by molar-refractivity contribution is 6.02.